The van der Waals surface area contributed by atoms with Crippen molar-refractivity contribution in [2.24, 2.45) is 0 Å². The van der Waals surface area contributed by atoms with Gasteiger partial charge in [-0.15, -0.1) is 0 Å². The summed E-state index contributed by atoms with van der Waals surface area (Å²) in [6, 6.07) is 15.0. The predicted octanol–water partition coefficient (Wildman–Crippen LogP) is 4.13. The first kappa shape index (κ1) is 16.7. The van der Waals surface area contributed by atoms with Gasteiger partial charge in [-0.2, -0.15) is 0 Å². The molecule has 1 saturated heterocycles. The number of nitro groups is 1. The van der Waals surface area contributed by atoms with Crippen LogP contribution in [0.25, 0.3) is 0 Å². The molecule has 1 heterocycles. The van der Waals surface area contributed by atoms with Gasteiger partial charge in [0.05, 0.1) is 4.92 Å². The van der Waals surface area contributed by atoms with Crippen LogP contribution >= 0.6 is 11.6 Å². The SMILES string of the molecule is C[C@H](c1ccccc1Cl)N1CCN(c2ccc([N+](=O)[O-])cc2)CC1. The van der Waals surface area contributed by atoms with Crippen LogP contribution in [0.3, 0.4) is 0 Å². The number of hydrogen-bond donors (Lipinski definition) is 0. The molecule has 0 saturated carbocycles. The molecular weight excluding hydrogens is 326 g/mol. The lowest BCUT2D eigenvalue weighted by Crippen LogP contribution is -2.47. The highest BCUT2D eigenvalue weighted by molar-refractivity contribution is 6.31. The second-order valence-corrected chi connectivity index (χ2v) is 6.40. The van der Waals surface area contributed by atoms with Crippen LogP contribution in [0.15, 0.2) is 48.5 Å². The van der Waals surface area contributed by atoms with Gasteiger partial charge in [0.25, 0.3) is 5.69 Å². The van der Waals surface area contributed by atoms with E-state index in [0.29, 0.717) is 0 Å². The van der Waals surface area contributed by atoms with Gasteiger partial charge in [-0.3, -0.25) is 15.0 Å². The number of nitro benzene ring substituents is 1. The number of hydrogen-bond acceptors (Lipinski definition) is 4. The Labute approximate surface area is 146 Å². The summed E-state index contributed by atoms with van der Waals surface area (Å²) in [7, 11) is 0. The van der Waals surface area contributed by atoms with Crippen molar-refractivity contribution < 1.29 is 4.92 Å². The first-order chi connectivity index (χ1) is 11.6. The van der Waals surface area contributed by atoms with E-state index in [1.54, 1.807) is 12.1 Å². The zero-order valence-corrected chi connectivity index (χ0v) is 14.3. The Morgan fingerprint density at radius 1 is 1.04 bits per heavy atom. The van der Waals surface area contributed by atoms with Gasteiger partial charge in [-0.05, 0) is 30.7 Å². The van der Waals surface area contributed by atoms with Crippen molar-refractivity contribution in [1.82, 2.24) is 4.90 Å². The van der Waals surface area contributed by atoms with Gasteiger partial charge in [-0.25, -0.2) is 0 Å². The smallest absolute Gasteiger partial charge is 0.269 e. The minimum Gasteiger partial charge on any atom is -0.369 e. The molecule has 0 aliphatic carbocycles. The lowest BCUT2D eigenvalue weighted by atomic mass is 10.1. The third-order valence-corrected chi connectivity index (χ3v) is 4.99. The molecule has 1 fully saturated rings. The van der Waals surface area contributed by atoms with E-state index in [4.69, 9.17) is 11.6 Å². The molecule has 1 aliphatic heterocycles. The molecule has 2 aromatic rings. The lowest BCUT2D eigenvalue weighted by molar-refractivity contribution is -0.384. The zero-order valence-electron chi connectivity index (χ0n) is 13.6. The van der Waals surface area contributed by atoms with Gasteiger partial charge in [0, 0.05) is 55.1 Å². The third-order valence-electron chi connectivity index (χ3n) is 4.64. The minimum atomic E-state index is -0.368. The average molecular weight is 346 g/mol. The van der Waals surface area contributed by atoms with Crippen LogP contribution in [0.1, 0.15) is 18.5 Å². The molecule has 6 heteroatoms. The average Bonchev–Trinajstić information content (AvgIpc) is 2.62. The quantitative estimate of drug-likeness (QED) is 0.617. The topological polar surface area (TPSA) is 49.6 Å². The van der Waals surface area contributed by atoms with Crippen molar-refractivity contribution in [2.75, 3.05) is 31.1 Å². The fraction of sp³-hybridized carbons (Fsp3) is 0.333. The Morgan fingerprint density at radius 3 is 2.25 bits per heavy atom. The number of anilines is 1. The molecule has 2 aromatic carbocycles. The summed E-state index contributed by atoms with van der Waals surface area (Å²) in [6.45, 7) is 5.84. The van der Waals surface area contributed by atoms with Crippen molar-refractivity contribution in [1.29, 1.82) is 0 Å². The molecule has 126 valence electrons. The van der Waals surface area contributed by atoms with Crippen LogP contribution in [0.5, 0.6) is 0 Å². The monoisotopic (exact) mass is 345 g/mol. The van der Waals surface area contributed by atoms with Crippen LogP contribution in [0.4, 0.5) is 11.4 Å². The summed E-state index contributed by atoms with van der Waals surface area (Å²) in [6.07, 6.45) is 0. The standard InChI is InChI=1S/C18H20ClN3O2/c1-14(17-4-2-3-5-18(17)19)20-10-12-21(13-11-20)15-6-8-16(9-7-15)22(23)24/h2-9,14H,10-13H2,1H3/t14-/m1/s1. The second-order valence-electron chi connectivity index (χ2n) is 5.99. The predicted molar refractivity (Wildman–Crippen MR) is 96.7 cm³/mol. The Hall–Kier alpha value is -2.11. The Bertz CT molecular complexity index is 712. The number of nitrogens with zero attached hydrogens (tertiary/aromatic N) is 3. The van der Waals surface area contributed by atoms with Crippen LogP contribution < -0.4 is 4.90 Å². The molecule has 3 rings (SSSR count). The summed E-state index contributed by atoms with van der Waals surface area (Å²) < 4.78 is 0. The van der Waals surface area contributed by atoms with Crippen LogP contribution in [-0.4, -0.2) is 36.0 Å². The van der Waals surface area contributed by atoms with Gasteiger partial charge >= 0.3 is 0 Å². The summed E-state index contributed by atoms with van der Waals surface area (Å²) in [5.41, 5.74) is 2.32. The number of halogens is 1. The number of piperazine rings is 1. The van der Waals surface area contributed by atoms with E-state index in [1.807, 2.05) is 30.3 Å². The Balaban J connectivity index is 1.63. The molecule has 1 aliphatic rings. The molecule has 0 amide bonds. The lowest BCUT2D eigenvalue weighted by Gasteiger charge is -2.39. The maximum atomic E-state index is 10.7. The third kappa shape index (κ3) is 3.52. The first-order valence-corrected chi connectivity index (χ1v) is 8.42. The fourth-order valence-corrected chi connectivity index (χ4v) is 3.46. The maximum Gasteiger partial charge on any atom is 0.269 e. The van der Waals surface area contributed by atoms with E-state index >= 15 is 0 Å². The van der Waals surface area contributed by atoms with E-state index in [1.165, 1.54) is 0 Å². The summed E-state index contributed by atoms with van der Waals surface area (Å²) in [5.74, 6) is 0. The molecule has 5 nitrogen and oxygen atoms in total. The van der Waals surface area contributed by atoms with E-state index < -0.39 is 0 Å². The van der Waals surface area contributed by atoms with Gasteiger partial charge in [-0.1, -0.05) is 29.8 Å². The van der Waals surface area contributed by atoms with Crippen LogP contribution in [0, 0.1) is 10.1 Å². The fourth-order valence-electron chi connectivity index (χ4n) is 3.16. The number of non-ortho nitro benzene ring substituents is 1. The van der Waals surface area contributed by atoms with Gasteiger partial charge in [0.2, 0.25) is 0 Å². The Kier molecular flexibility index (Phi) is 5.02. The van der Waals surface area contributed by atoms with Crippen molar-refractivity contribution in [3.8, 4) is 0 Å². The van der Waals surface area contributed by atoms with Gasteiger partial charge in [0.1, 0.15) is 0 Å². The maximum absolute atomic E-state index is 10.7. The van der Waals surface area contributed by atoms with Crippen molar-refractivity contribution >= 4 is 23.0 Å². The number of benzene rings is 2. The first-order valence-electron chi connectivity index (χ1n) is 8.04. The normalized spacial score (nSPS) is 16.8. The molecule has 0 spiro atoms. The van der Waals surface area contributed by atoms with E-state index in [2.05, 4.69) is 22.8 Å². The summed E-state index contributed by atoms with van der Waals surface area (Å²) >= 11 is 6.31. The second kappa shape index (κ2) is 7.20. The molecule has 1 atom stereocenters. The molecule has 0 bridgehead atoms. The number of rotatable bonds is 4. The van der Waals surface area contributed by atoms with Gasteiger partial charge in [0.15, 0.2) is 0 Å². The van der Waals surface area contributed by atoms with Gasteiger partial charge < -0.3 is 4.90 Å². The summed E-state index contributed by atoms with van der Waals surface area (Å²) in [5, 5.41) is 11.6. The van der Waals surface area contributed by atoms with Crippen molar-refractivity contribution in [3.05, 3.63) is 69.2 Å². The van der Waals surface area contributed by atoms with Crippen molar-refractivity contribution in [3.63, 3.8) is 0 Å². The highest BCUT2D eigenvalue weighted by Gasteiger charge is 2.23. The molecule has 24 heavy (non-hydrogen) atoms. The molecule has 0 unspecified atom stereocenters. The van der Waals surface area contributed by atoms with E-state index in [-0.39, 0.29) is 16.7 Å². The van der Waals surface area contributed by atoms with Crippen LogP contribution in [0.2, 0.25) is 5.02 Å². The molecule has 0 N–H and O–H groups in total. The van der Waals surface area contributed by atoms with Crippen molar-refractivity contribution in [2.45, 2.75) is 13.0 Å². The highest BCUT2D eigenvalue weighted by atomic mass is 35.5. The highest BCUT2D eigenvalue weighted by Crippen LogP contribution is 2.29. The molecule has 0 aromatic heterocycles. The minimum absolute atomic E-state index is 0.129. The zero-order chi connectivity index (χ0) is 17.1. The molecular formula is C18H20ClN3O2. The van der Waals surface area contributed by atoms with E-state index in [9.17, 15) is 10.1 Å². The van der Waals surface area contributed by atoms with E-state index in [0.717, 1.165) is 42.5 Å². The largest absolute Gasteiger partial charge is 0.369 e. The summed E-state index contributed by atoms with van der Waals surface area (Å²) in [4.78, 5) is 15.1. The molecule has 0 radical (unpaired) electrons. The Morgan fingerprint density at radius 2 is 1.67 bits per heavy atom. The van der Waals surface area contributed by atoms with Crippen LogP contribution in [-0.2, 0) is 0 Å².